The maximum absolute atomic E-state index is 13.8. The molecule has 0 bridgehead atoms. The number of carbonyl (C=O) groups excluding carboxylic acids is 1. The summed E-state index contributed by atoms with van der Waals surface area (Å²) in [7, 11) is 0. The van der Waals surface area contributed by atoms with Gasteiger partial charge >= 0.3 is 0 Å². The van der Waals surface area contributed by atoms with Gasteiger partial charge in [-0.3, -0.25) is 4.79 Å². The molecule has 1 N–H and O–H groups in total. The van der Waals surface area contributed by atoms with Gasteiger partial charge in [-0.15, -0.1) is 0 Å². The SMILES string of the molecule is C[C@@H](O)c1ccc(OCC(=O)N2CCCCCC2)c(F)c1. The van der Waals surface area contributed by atoms with Crippen molar-refractivity contribution >= 4 is 5.91 Å². The zero-order chi connectivity index (χ0) is 15.2. The Labute approximate surface area is 124 Å². The molecule has 0 aromatic heterocycles. The third-order valence-electron chi connectivity index (χ3n) is 3.75. The molecule has 1 fully saturated rings. The number of hydrogen-bond donors (Lipinski definition) is 1. The predicted octanol–water partition coefficient (Wildman–Crippen LogP) is 2.66. The topological polar surface area (TPSA) is 49.8 Å². The lowest BCUT2D eigenvalue weighted by atomic mass is 10.1. The third kappa shape index (κ3) is 4.43. The number of likely N-dealkylation sites (tertiary alicyclic amines) is 1. The van der Waals surface area contributed by atoms with Gasteiger partial charge in [0.05, 0.1) is 6.10 Å². The highest BCUT2D eigenvalue weighted by Gasteiger charge is 2.17. The van der Waals surface area contributed by atoms with Crippen LogP contribution >= 0.6 is 0 Å². The van der Waals surface area contributed by atoms with E-state index in [4.69, 9.17) is 4.74 Å². The molecule has 1 heterocycles. The van der Waals surface area contributed by atoms with Crippen LogP contribution in [-0.2, 0) is 4.79 Å². The number of nitrogens with zero attached hydrogens (tertiary/aromatic N) is 1. The van der Waals surface area contributed by atoms with Crippen molar-refractivity contribution in [1.82, 2.24) is 4.90 Å². The summed E-state index contributed by atoms with van der Waals surface area (Å²) in [5.74, 6) is -0.615. The zero-order valence-corrected chi connectivity index (χ0v) is 12.3. The Kier molecular flexibility index (Phi) is 5.56. The average molecular weight is 295 g/mol. The monoisotopic (exact) mass is 295 g/mol. The minimum Gasteiger partial charge on any atom is -0.481 e. The van der Waals surface area contributed by atoms with Crippen LogP contribution in [-0.4, -0.2) is 35.6 Å². The van der Waals surface area contributed by atoms with E-state index in [1.165, 1.54) is 12.1 Å². The van der Waals surface area contributed by atoms with Gasteiger partial charge in [0.1, 0.15) is 0 Å². The number of halogens is 1. The van der Waals surface area contributed by atoms with Crippen LogP contribution in [0.25, 0.3) is 0 Å². The van der Waals surface area contributed by atoms with Crippen LogP contribution in [0.4, 0.5) is 4.39 Å². The fourth-order valence-corrected chi connectivity index (χ4v) is 2.44. The number of benzene rings is 1. The molecular formula is C16H22FNO3. The predicted molar refractivity (Wildman–Crippen MR) is 77.6 cm³/mol. The summed E-state index contributed by atoms with van der Waals surface area (Å²) in [5, 5.41) is 9.39. The van der Waals surface area contributed by atoms with Crippen molar-refractivity contribution in [1.29, 1.82) is 0 Å². The van der Waals surface area contributed by atoms with Crippen LogP contribution in [0.15, 0.2) is 18.2 Å². The van der Waals surface area contributed by atoms with Crippen molar-refractivity contribution < 1.29 is 19.0 Å². The minimum atomic E-state index is -0.729. The maximum atomic E-state index is 13.8. The second kappa shape index (κ2) is 7.41. The summed E-state index contributed by atoms with van der Waals surface area (Å²) >= 11 is 0. The van der Waals surface area contributed by atoms with Crippen molar-refractivity contribution in [2.24, 2.45) is 0 Å². The van der Waals surface area contributed by atoms with E-state index < -0.39 is 11.9 Å². The Morgan fingerprint density at radius 3 is 2.57 bits per heavy atom. The maximum Gasteiger partial charge on any atom is 0.260 e. The number of rotatable bonds is 4. The molecule has 1 aromatic carbocycles. The van der Waals surface area contributed by atoms with Gasteiger partial charge < -0.3 is 14.7 Å². The summed E-state index contributed by atoms with van der Waals surface area (Å²) < 4.78 is 19.1. The first kappa shape index (κ1) is 15.8. The molecule has 0 aliphatic carbocycles. The van der Waals surface area contributed by atoms with Gasteiger partial charge in [-0.2, -0.15) is 0 Å². The van der Waals surface area contributed by atoms with Crippen molar-refractivity contribution in [3.8, 4) is 5.75 Å². The van der Waals surface area contributed by atoms with E-state index >= 15 is 0 Å². The van der Waals surface area contributed by atoms with E-state index in [-0.39, 0.29) is 18.3 Å². The average Bonchev–Trinajstić information content (AvgIpc) is 2.74. The van der Waals surface area contributed by atoms with E-state index in [0.29, 0.717) is 5.56 Å². The Morgan fingerprint density at radius 2 is 2.00 bits per heavy atom. The van der Waals surface area contributed by atoms with Crippen LogP contribution in [0, 0.1) is 5.82 Å². The molecule has 116 valence electrons. The summed E-state index contributed by atoms with van der Waals surface area (Å²) in [6.45, 7) is 2.93. The number of aliphatic hydroxyl groups is 1. The van der Waals surface area contributed by atoms with Gasteiger partial charge in [0.2, 0.25) is 0 Å². The first-order valence-corrected chi connectivity index (χ1v) is 7.46. The number of amides is 1. The highest BCUT2D eigenvalue weighted by molar-refractivity contribution is 5.77. The Hall–Kier alpha value is -1.62. The standard InChI is InChI=1S/C16H22FNO3/c1-12(19)13-6-7-15(14(17)10-13)21-11-16(20)18-8-4-2-3-5-9-18/h6-7,10,12,19H,2-5,8-9,11H2,1H3/t12-/m1/s1. The molecule has 1 amide bonds. The second-order valence-corrected chi connectivity index (χ2v) is 5.45. The molecule has 1 aliphatic heterocycles. The summed E-state index contributed by atoms with van der Waals surface area (Å²) in [6.07, 6.45) is 3.61. The normalized spacial score (nSPS) is 17.2. The molecular weight excluding hydrogens is 273 g/mol. The molecule has 0 unspecified atom stereocenters. The molecule has 1 saturated heterocycles. The van der Waals surface area contributed by atoms with E-state index in [1.54, 1.807) is 17.9 Å². The fourth-order valence-electron chi connectivity index (χ4n) is 2.44. The molecule has 21 heavy (non-hydrogen) atoms. The van der Waals surface area contributed by atoms with Gasteiger partial charge in [0, 0.05) is 13.1 Å². The van der Waals surface area contributed by atoms with Gasteiger partial charge in [-0.25, -0.2) is 4.39 Å². The highest BCUT2D eigenvalue weighted by atomic mass is 19.1. The first-order valence-electron chi connectivity index (χ1n) is 7.46. The van der Waals surface area contributed by atoms with Gasteiger partial charge in [-0.05, 0) is 37.5 Å². The van der Waals surface area contributed by atoms with E-state index in [1.807, 2.05) is 0 Å². The third-order valence-corrected chi connectivity index (χ3v) is 3.75. The van der Waals surface area contributed by atoms with Crippen molar-refractivity contribution in [3.05, 3.63) is 29.6 Å². The lowest BCUT2D eigenvalue weighted by Crippen LogP contribution is -2.35. The molecule has 2 rings (SSSR count). The van der Waals surface area contributed by atoms with Crippen LogP contribution in [0.5, 0.6) is 5.75 Å². The van der Waals surface area contributed by atoms with E-state index in [2.05, 4.69) is 0 Å². The minimum absolute atomic E-state index is 0.0440. The van der Waals surface area contributed by atoms with Crippen molar-refractivity contribution in [3.63, 3.8) is 0 Å². The Bertz CT molecular complexity index is 482. The van der Waals surface area contributed by atoms with Crippen LogP contribution < -0.4 is 4.74 Å². The van der Waals surface area contributed by atoms with E-state index in [9.17, 15) is 14.3 Å². The first-order chi connectivity index (χ1) is 10.1. The second-order valence-electron chi connectivity index (χ2n) is 5.45. The molecule has 1 aromatic rings. The molecule has 0 spiro atoms. The Balaban J connectivity index is 1.91. The quantitative estimate of drug-likeness (QED) is 0.929. The largest absolute Gasteiger partial charge is 0.481 e. The van der Waals surface area contributed by atoms with Gasteiger partial charge in [0.25, 0.3) is 5.91 Å². The van der Waals surface area contributed by atoms with Crippen LogP contribution in [0.2, 0.25) is 0 Å². The molecule has 0 saturated carbocycles. The van der Waals surface area contributed by atoms with Gasteiger partial charge in [0.15, 0.2) is 18.2 Å². The fraction of sp³-hybridized carbons (Fsp3) is 0.562. The van der Waals surface area contributed by atoms with Crippen molar-refractivity contribution in [2.75, 3.05) is 19.7 Å². The summed E-state index contributed by atoms with van der Waals surface area (Å²) in [4.78, 5) is 13.8. The summed E-state index contributed by atoms with van der Waals surface area (Å²) in [5.41, 5.74) is 0.485. The van der Waals surface area contributed by atoms with Crippen molar-refractivity contribution in [2.45, 2.75) is 38.7 Å². The molecule has 5 heteroatoms. The smallest absolute Gasteiger partial charge is 0.260 e. The Morgan fingerprint density at radius 1 is 1.33 bits per heavy atom. The lowest BCUT2D eigenvalue weighted by Gasteiger charge is -2.20. The number of carbonyl (C=O) groups is 1. The van der Waals surface area contributed by atoms with Gasteiger partial charge in [-0.1, -0.05) is 18.9 Å². The highest BCUT2D eigenvalue weighted by Crippen LogP contribution is 2.22. The molecule has 4 nitrogen and oxygen atoms in total. The number of ether oxygens (including phenoxy) is 1. The molecule has 1 aliphatic rings. The zero-order valence-electron chi connectivity index (χ0n) is 12.3. The van der Waals surface area contributed by atoms with Crippen LogP contribution in [0.1, 0.15) is 44.3 Å². The number of hydrogen-bond acceptors (Lipinski definition) is 3. The van der Waals surface area contributed by atoms with Crippen LogP contribution in [0.3, 0.4) is 0 Å². The molecule has 0 radical (unpaired) electrons. The number of aliphatic hydroxyl groups excluding tert-OH is 1. The lowest BCUT2D eigenvalue weighted by molar-refractivity contribution is -0.133. The molecule has 1 atom stereocenters. The van der Waals surface area contributed by atoms with E-state index in [0.717, 1.165) is 38.8 Å². The summed E-state index contributed by atoms with van der Waals surface area (Å²) in [6, 6.07) is 4.28.